The van der Waals surface area contributed by atoms with Gasteiger partial charge in [0.25, 0.3) is 0 Å². The van der Waals surface area contributed by atoms with Crippen molar-refractivity contribution in [3.8, 4) is 11.8 Å². The predicted octanol–water partition coefficient (Wildman–Crippen LogP) is 2.63. The number of rotatable bonds is 2. The largest absolute Gasteiger partial charge is 0.490 e. The van der Waals surface area contributed by atoms with Gasteiger partial charge in [-0.05, 0) is 29.7 Å². The molecule has 0 unspecified atom stereocenters. The first-order chi connectivity index (χ1) is 8.17. The van der Waals surface area contributed by atoms with Gasteiger partial charge in [-0.2, -0.15) is 5.26 Å². The number of nitro benzene ring substituents is 1. The first kappa shape index (κ1) is 10.9. The second-order valence-electron chi connectivity index (χ2n) is 3.42. The molecular formula is C12H8N2O3. The summed E-state index contributed by atoms with van der Waals surface area (Å²) < 4.78 is 4.96. The average Bonchev–Trinajstić information content (AvgIpc) is 2.36. The van der Waals surface area contributed by atoms with Crippen LogP contribution in [0.2, 0.25) is 0 Å². The molecule has 2 rings (SSSR count). The predicted molar refractivity (Wildman–Crippen MR) is 61.9 cm³/mol. The van der Waals surface area contributed by atoms with Crippen molar-refractivity contribution < 1.29 is 9.66 Å². The Bertz CT molecular complexity index is 644. The van der Waals surface area contributed by atoms with E-state index in [0.29, 0.717) is 16.3 Å². The van der Waals surface area contributed by atoms with Crippen LogP contribution in [-0.2, 0) is 0 Å². The van der Waals surface area contributed by atoms with Crippen LogP contribution in [0.1, 0.15) is 5.56 Å². The van der Waals surface area contributed by atoms with Gasteiger partial charge in [0.15, 0.2) is 5.75 Å². The van der Waals surface area contributed by atoms with E-state index in [9.17, 15) is 10.1 Å². The number of nitrogens with zero attached hydrogens (tertiary/aromatic N) is 2. The molecule has 0 heterocycles. The van der Waals surface area contributed by atoms with E-state index in [2.05, 4.69) is 0 Å². The Morgan fingerprint density at radius 3 is 2.71 bits per heavy atom. The Balaban J connectivity index is 2.83. The molecule has 5 heteroatoms. The summed E-state index contributed by atoms with van der Waals surface area (Å²) in [4.78, 5) is 10.5. The molecule has 84 valence electrons. The number of nitro groups is 1. The quantitative estimate of drug-likeness (QED) is 0.584. The second-order valence-corrected chi connectivity index (χ2v) is 3.42. The number of hydrogen-bond donors (Lipinski definition) is 0. The lowest BCUT2D eigenvalue weighted by Crippen LogP contribution is -1.95. The molecule has 0 aliphatic heterocycles. The zero-order valence-electron chi connectivity index (χ0n) is 9.01. The van der Waals surface area contributed by atoms with Gasteiger partial charge in [-0.1, -0.05) is 6.07 Å². The number of methoxy groups -OCH3 is 1. The highest BCUT2D eigenvalue weighted by Crippen LogP contribution is 2.35. The third-order valence-corrected chi connectivity index (χ3v) is 2.49. The Morgan fingerprint density at radius 2 is 2.12 bits per heavy atom. The van der Waals surface area contributed by atoms with Crippen LogP contribution >= 0.6 is 0 Å². The van der Waals surface area contributed by atoms with E-state index in [1.54, 1.807) is 24.3 Å². The van der Waals surface area contributed by atoms with Gasteiger partial charge >= 0.3 is 5.69 Å². The Labute approximate surface area is 97.0 Å². The third kappa shape index (κ3) is 1.76. The molecule has 0 amide bonds. The molecule has 2 aromatic carbocycles. The molecule has 2 aromatic rings. The summed E-state index contributed by atoms with van der Waals surface area (Å²) in [5.74, 6) is 0.215. The summed E-state index contributed by atoms with van der Waals surface area (Å²) in [5, 5.41) is 20.9. The number of benzene rings is 2. The van der Waals surface area contributed by atoms with E-state index < -0.39 is 4.92 Å². The minimum atomic E-state index is -0.479. The van der Waals surface area contributed by atoms with Gasteiger partial charge in [0.05, 0.1) is 29.1 Å². The van der Waals surface area contributed by atoms with E-state index in [-0.39, 0.29) is 11.4 Å². The molecule has 0 spiro atoms. The third-order valence-electron chi connectivity index (χ3n) is 2.49. The highest BCUT2D eigenvalue weighted by molar-refractivity contribution is 5.94. The summed E-state index contributed by atoms with van der Waals surface area (Å²) in [6.45, 7) is 0. The van der Waals surface area contributed by atoms with Gasteiger partial charge in [-0.15, -0.1) is 0 Å². The monoisotopic (exact) mass is 228 g/mol. The number of nitriles is 1. The summed E-state index contributed by atoms with van der Waals surface area (Å²) in [7, 11) is 1.39. The minimum absolute atomic E-state index is 0.0745. The van der Waals surface area contributed by atoms with Crippen molar-refractivity contribution >= 4 is 16.5 Å². The van der Waals surface area contributed by atoms with E-state index >= 15 is 0 Å². The number of fused-ring (bicyclic) bond motifs is 1. The zero-order valence-corrected chi connectivity index (χ0v) is 9.01. The molecule has 0 fully saturated rings. The fourth-order valence-electron chi connectivity index (χ4n) is 1.72. The van der Waals surface area contributed by atoms with Crippen molar-refractivity contribution in [2.24, 2.45) is 0 Å². The van der Waals surface area contributed by atoms with Crippen LogP contribution in [0.15, 0.2) is 30.3 Å². The van der Waals surface area contributed by atoms with Crippen LogP contribution in [0.3, 0.4) is 0 Å². The molecule has 5 nitrogen and oxygen atoms in total. The summed E-state index contributed by atoms with van der Waals surface area (Å²) >= 11 is 0. The molecule has 0 aliphatic carbocycles. The molecule has 0 saturated carbocycles. The molecule has 0 saturated heterocycles. The van der Waals surface area contributed by atoms with Crippen molar-refractivity contribution in [1.29, 1.82) is 5.26 Å². The molecule has 0 radical (unpaired) electrons. The van der Waals surface area contributed by atoms with Crippen LogP contribution < -0.4 is 4.74 Å². The van der Waals surface area contributed by atoms with E-state index in [0.717, 1.165) is 0 Å². The van der Waals surface area contributed by atoms with Gasteiger partial charge in [0.2, 0.25) is 0 Å². The van der Waals surface area contributed by atoms with Crippen molar-refractivity contribution in [3.63, 3.8) is 0 Å². The normalized spacial score (nSPS) is 9.88. The van der Waals surface area contributed by atoms with Crippen LogP contribution in [0.5, 0.6) is 5.75 Å². The topological polar surface area (TPSA) is 76.2 Å². The number of ether oxygens (including phenoxy) is 1. The molecule has 0 bridgehead atoms. The highest BCUT2D eigenvalue weighted by atomic mass is 16.6. The minimum Gasteiger partial charge on any atom is -0.490 e. The highest BCUT2D eigenvalue weighted by Gasteiger charge is 2.19. The Morgan fingerprint density at radius 1 is 1.35 bits per heavy atom. The average molecular weight is 228 g/mol. The molecule has 0 atom stereocenters. The summed E-state index contributed by atoms with van der Waals surface area (Å²) in [6.07, 6.45) is 0. The van der Waals surface area contributed by atoms with Gasteiger partial charge < -0.3 is 4.74 Å². The molecule has 0 aromatic heterocycles. The van der Waals surface area contributed by atoms with Gasteiger partial charge in [-0.3, -0.25) is 10.1 Å². The molecular weight excluding hydrogens is 220 g/mol. The first-order valence-electron chi connectivity index (χ1n) is 4.82. The maximum Gasteiger partial charge on any atom is 0.318 e. The zero-order chi connectivity index (χ0) is 12.4. The Hall–Kier alpha value is -2.61. The standard InChI is InChI=1S/C12H8N2O3/c1-17-11-5-3-9-6-8(7-13)2-4-10(9)12(11)14(15)16/h2-6H,1H3. The van der Waals surface area contributed by atoms with Crippen LogP contribution in [0.4, 0.5) is 5.69 Å². The molecule has 0 N–H and O–H groups in total. The summed E-state index contributed by atoms with van der Waals surface area (Å²) in [6, 6.07) is 9.95. The van der Waals surface area contributed by atoms with E-state index in [1.165, 1.54) is 13.2 Å². The van der Waals surface area contributed by atoms with Crippen molar-refractivity contribution in [2.45, 2.75) is 0 Å². The number of hydrogen-bond acceptors (Lipinski definition) is 4. The maximum atomic E-state index is 11.0. The first-order valence-corrected chi connectivity index (χ1v) is 4.82. The lowest BCUT2D eigenvalue weighted by atomic mass is 10.1. The summed E-state index contributed by atoms with van der Waals surface area (Å²) in [5.41, 5.74) is 0.395. The van der Waals surface area contributed by atoms with Gasteiger partial charge in [0.1, 0.15) is 0 Å². The maximum absolute atomic E-state index is 11.0. The molecule has 17 heavy (non-hydrogen) atoms. The van der Waals surface area contributed by atoms with Crippen molar-refractivity contribution in [1.82, 2.24) is 0 Å². The lowest BCUT2D eigenvalue weighted by Gasteiger charge is -2.05. The fraction of sp³-hybridized carbons (Fsp3) is 0.0833. The van der Waals surface area contributed by atoms with E-state index in [4.69, 9.17) is 10.00 Å². The van der Waals surface area contributed by atoms with Gasteiger partial charge in [-0.25, -0.2) is 0 Å². The van der Waals surface area contributed by atoms with Crippen LogP contribution in [0.25, 0.3) is 10.8 Å². The lowest BCUT2D eigenvalue weighted by molar-refractivity contribution is -0.383. The fourth-order valence-corrected chi connectivity index (χ4v) is 1.72. The van der Waals surface area contributed by atoms with E-state index in [1.807, 2.05) is 6.07 Å². The molecule has 0 aliphatic rings. The Kier molecular flexibility index (Phi) is 2.63. The van der Waals surface area contributed by atoms with Crippen LogP contribution in [-0.4, -0.2) is 12.0 Å². The van der Waals surface area contributed by atoms with Crippen molar-refractivity contribution in [3.05, 3.63) is 46.0 Å². The van der Waals surface area contributed by atoms with Crippen LogP contribution in [0, 0.1) is 21.4 Å². The smallest absolute Gasteiger partial charge is 0.318 e. The SMILES string of the molecule is COc1ccc2cc(C#N)ccc2c1[N+](=O)[O-]. The second kappa shape index (κ2) is 4.10. The van der Waals surface area contributed by atoms with Crippen molar-refractivity contribution in [2.75, 3.05) is 7.11 Å². The van der Waals surface area contributed by atoms with Gasteiger partial charge in [0, 0.05) is 0 Å².